The van der Waals surface area contributed by atoms with E-state index in [4.69, 9.17) is 14.2 Å². The fraction of sp³-hybridized carbons (Fsp3) is 0.444. The highest BCUT2D eigenvalue weighted by Gasteiger charge is 2.31. The maximum atomic E-state index is 14.7. The summed E-state index contributed by atoms with van der Waals surface area (Å²) in [6.07, 6.45) is 1.06. The smallest absolute Gasteiger partial charge is 0.254 e. The number of methoxy groups -OCH3 is 2. The molecular weight excluding hydrogens is 481 g/mol. The number of halogens is 1. The van der Waals surface area contributed by atoms with Gasteiger partial charge in [-0.1, -0.05) is 6.07 Å². The maximum Gasteiger partial charge on any atom is 0.254 e. The third-order valence-electron chi connectivity index (χ3n) is 6.22. The van der Waals surface area contributed by atoms with E-state index in [-0.39, 0.29) is 42.0 Å². The molecule has 2 aliphatic heterocycles. The number of fused-ring (bicyclic) bond motifs is 13. The number of carbonyl (C=O) groups is 3. The Kier molecular flexibility index (Phi) is 9.46. The van der Waals surface area contributed by atoms with Crippen molar-refractivity contribution in [2.45, 2.75) is 45.3 Å². The average molecular weight is 516 g/mol. The molecule has 0 spiro atoms. The van der Waals surface area contributed by atoms with Gasteiger partial charge in [0.15, 0.2) is 11.5 Å². The zero-order chi connectivity index (χ0) is 27.0. The van der Waals surface area contributed by atoms with Gasteiger partial charge in [0.2, 0.25) is 5.91 Å². The second-order valence-corrected chi connectivity index (χ2v) is 9.18. The maximum absolute atomic E-state index is 14.7. The first-order valence-electron chi connectivity index (χ1n) is 12.2. The summed E-state index contributed by atoms with van der Waals surface area (Å²) in [5, 5.41) is 5.58. The molecule has 2 heterocycles. The van der Waals surface area contributed by atoms with Gasteiger partial charge in [0.25, 0.3) is 11.8 Å². The van der Waals surface area contributed by atoms with Crippen LogP contribution in [-0.4, -0.2) is 62.1 Å². The molecule has 0 radical (unpaired) electrons. The third kappa shape index (κ3) is 7.19. The van der Waals surface area contributed by atoms with Crippen molar-refractivity contribution in [2.75, 3.05) is 33.9 Å². The fourth-order valence-corrected chi connectivity index (χ4v) is 3.88. The van der Waals surface area contributed by atoms with Crippen LogP contribution in [-0.2, 0) is 20.9 Å². The second-order valence-electron chi connectivity index (χ2n) is 9.18. The van der Waals surface area contributed by atoms with Crippen molar-refractivity contribution >= 4 is 17.7 Å². The zero-order valence-electron chi connectivity index (χ0n) is 21.7. The first-order valence-corrected chi connectivity index (χ1v) is 12.2. The van der Waals surface area contributed by atoms with E-state index in [1.54, 1.807) is 36.9 Å². The first-order chi connectivity index (χ1) is 17.7. The summed E-state index contributed by atoms with van der Waals surface area (Å²) in [5.74, 6) is -0.516. The molecule has 2 aromatic carbocycles. The van der Waals surface area contributed by atoms with Crippen LogP contribution in [0.25, 0.3) is 0 Å². The number of carbonyl (C=O) groups excluding carboxylic acids is 3. The number of amides is 3. The van der Waals surface area contributed by atoms with Crippen LogP contribution in [0.3, 0.4) is 0 Å². The quantitative estimate of drug-likeness (QED) is 0.649. The van der Waals surface area contributed by atoms with Crippen molar-refractivity contribution in [3.05, 3.63) is 53.3 Å². The molecule has 9 nitrogen and oxygen atoms in total. The molecule has 37 heavy (non-hydrogen) atoms. The molecule has 200 valence electrons. The Balaban J connectivity index is 1.89. The highest BCUT2D eigenvalue weighted by atomic mass is 19.1. The van der Waals surface area contributed by atoms with Gasteiger partial charge in [0, 0.05) is 50.8 Å². The van der Waals surface area contributed by atoms with Crippen LogP contribution >= 0.6 is 0 Å². The van der Waals surface area contributed by atoms with E-state index in [0.29, 0.717) is 49.5 Å². The van der Waals surface area contributed by atoms with Crippen molar-refractivity contribution in [1.29, 1.82) is 0 Å². The van der Waals surface area contributed by atoms with E-state index < -0.39 is 11.4 Å². The van der Waals surface area contributed by atoms with E-state index in [9.17, 15) is 18.8 Å². The molecular formula is C27H34FN3O6. The lowest BCUT2D eigenvalue weighted by Gasteiger charge is -2.31. The van der Waals surface area contributed by atoms with Crippen LogP contribution in [0.2, 0.25) is 0 Å². The van der Waals surface area contributed by atoms with Crippen LogP contribution in [0, 0.1) is 5.82 Å². The highest BCUT2D eigenvalue weighted by molar-refractivity contribution is 5.94. The molecule has 4 rings (SSSR count). The molecule has 0 fully saturated rings. The van der Waals surface area contributed by atoms with Crippen molar-refractivity contribution in [2.24, 2.45) is 0 Å². The summed E-state index contributed by atoms with van der Waals surface area (Å²) >= 11 is 0. The van der Waals surface area contributed by atoms with E-state index in [2.05, 4.69) is 10.6 Å². The number of benzene rings is 2. The molecule has 10 heteroatoms. The van der Waals surface area contributed by atoms with Crippen LogP contribution in [0.1, 0.15) is 49.0 Å². The van der Waals surface area contributed by atoms with E-state index in [0.717, 1.165) is 0 Å². The molecule has 2 bridgehead atoms. The molecule has 0 saturated heterocycles. The van der Waals surface area contributed by atoms with E-state index >= 15 is 0 Å². The molecule has 0 unspecified atom stereocenters. The summed E-state index contributed by atoms with van der Waals surface area (Å²) in [6.45, 7) is 4.33. The van der Waals surface area contributed by atoms with Crippen molar-refractivity contribution in [1.82, 2.24) is 15.5 Å². The molecule has 0 saturated carbocycles. The normalized spacial score (nSPS) is 15.9. The standard InChI is InChI=1S/C27H34FN3O6/c1-27(2,36-4)26(34)31-14-6-10-24(32)30-17-19-20(28)8-5-9-21(19)37-22-12-11-18(16-23(22)35-3)25(33)29-13-7-15-31/h5,8-9,11-12,16H,6-7,10,13-15,17H2,1-4H3,(H,29,33)(H,30,32). The fourth-order valence-electron chi connectivity index (χ4n) is 3.88. The van der Waals surface area contributed by atoms with Gasteiger partial charge >= 0.3 is 0 Å². The lowest BCUT2D eigenvalue weighted by atomic mass is 10.1. The topological polar surface area (TPSA) is 106 Å². The van der Waals surface area contributed by atoms with Crippen LogP contribution < -0.4 is 20.1 Å². The Hall–Kier alpha value is -3.66. The number of nitrogens with zero attached hydrogens (tertiary/aromatic N) is 1. The number of nitrogens with one attached hydrogen (secondary N) is 2. The van der Waals surface area contributed by atoms with Crippen LogP contribution in [0.5, 0.6) is 17.2 Å². The molecule has 2 N–H and O–H groups in total. The van der Waals surface area contributed by atoms with Gasteiger partial charge in [-0.05, 0) is 57.0 Å². The van der Waals surface area contributed by atoms with Crippen LogP contribution in [0.4, 0.5) is 4.39 Å². The van der Waals surface area contributed by atoms with Crippen molar-refractivity contribution in [3.8, 4) is 17.2 Å². The Morgan fingerprint density at radius 1 is 1.05 bits per heavy atom. The first kappa shape index (κ1) is 27.9. The highest BCUT2D eigenvalue weighted by Crippen LogP contribution is 2.34. The summed E-state index contributed by atoms with van der Waals surface area (Å²) in [7, 11) is 2.91. The summed E-state index contributed by atoms with van der Waals surface area (Å²) in [6, 6.07) is 9.08. The number of hydrogen-bond acceptors (Lipinski definition) is 6. The monoisotopic (exact) mass is 515 g/mol. The van der Waals surface area contributed by atoms with E-state index in [1.165, 1.54) is 32.4 Å². The van der Waals surface area contributed by atoms with Gasteiger partial charge in [0.05, 0.1) is 7.11 Å². The van der Waals surface area contributed by atoms with Gasteiger partial charge in [0.1, 0.15) is 17.2 Å². The Morgan fingerprint density at radius 3 is 2.54 bits per heavy atom. The molecule has 3 amide bonds. The predicted octanol–water partition coefficient (Wildman–Crippen LogP) is 3.41. The van der Waals surface area contributed by atoms with Crippen molar-refractivity contribution < 1.29 is 33.0 Å². The Morgan fingerprint density at radius 2 is 1.81 bits per heavy atom. The van der Waals surface area contributed by atoms with Gasteiger partial charge in [-0.15, -0.1) is 0 Å². The zero-order valence-corrected chi connectivity index (χ0v) is 21.7. The van der Waals surface area contributed by atoms with Crippen LogP contribution in [0.15, 0.2) is 36.4 Å². The number of rotatable bonds is 3. The average Bonchev–Trinajstić information content (AvgIpc) is 2.88. The Labute approximate surface area is 216 Å². The minimum absolute atomic E-state index is 0.0804. The summed E-state index contributed by atoms with van der Waals surface area (Å²) < 4.78 is 31.4. The number of hydrogen-bond donors (Lipinski definition) is 2. The molecule has 0 aromatic heterocycles. The Bertz CT molecular complexity index is 1140. The lowest BCUT2D eigenvalue weighted by molar-refractivity contribution is -0.151. The van der Waals surface area contributed by atoms with E-state index in [1.807, 2.05) is 0 Å². The summed E-state index contributed by atoms with van der Waals surface area (Å²) in [5.41, 5.74) is -0.487. The van der Waals surface area contributed by atoms with Crippen molar-refractivity contribution in [3.63, 3.8) is 0 Å². The largest absolute Gasteiger partial charge is 0.493 e. The van der Waals surface area contributed by atoms with Gasteiger partial charge in [-0.2, -0.15) is 0 Å². The lowest BCUT2D eigenvalue weighted by Crippen LogP contribution is -2.47. The molecule has 2 aliphatic rings. The second kappa shape index (κ2) is 12.5. The predicted molar refractivity (Wildman–Crippen MR) is 135 cm³/mol. The van der Waals surface area contributed by atoms with Gasteiger partial charge in [-0.3, -0.25) is 14.4 Å². The minimum Gasteiger partial charge on any atom is -0.493 e. The molecule has 0 aliphatic carbocycles. The molecule has 0 atom stereocenters. The third-order valence-corrected chi connectivity index (χ3v) is 6.22. The van der Waals surface area contributed by atoms with Gasteiger partial charge in [-0.25, -0.2) is 4.39 Å². The SMILES string of the molecule is COc1cc2ccc1Oc1cccc(F)c1CNC(=O)CCCN(C(=O)C(C)(C)OC)CCCNC2=O. The van der Waals surface area contributed by atoms with Gasteiger partial charge < -0.3 is 29.7 Å². The number of ether oxygens (including phenoxy) is 3. The molecule has 2 aromatic rings. The summed E-state index contributed by atoms with van der Waals surface area (Å²) in [4.78, 5) is 39.9. The minimum atomic E-state index is -1.03.